The van der Waals surface area contributed by atoms with Gasteiger partial charge in [-0.3, -0.25) is 0 Å². The molecule has 0 aliphatic rings. The Morgan fingerprint density at radius 3 is 2.59 bits per heavy atom. The molecule has 0 spiro atoms. The molecule has 1 rings (SSSR count). The van der Waals surface area contributed by atoms with Crippen LogP contribution in [0.1, 0.15) is 24.8 Å². The number of benzene rings is 1. The zero-order valence-electron chi connectivity index (χ0n) is 10.0. The van der Waals surface area contributed by atoms with Crippen LogP contribution in [0.2, 0.25) is 0 Å². The largest absolute Gasteiger partial charge is 0.409 e. The molecule has 0 aliphatic heterocycles. The van der Waals surface area contributed by atoms with Gasteiger partial charge in [-0.1, -0.05) is 35.5 Å². The molecule has 4 heteroatoms. The number of oxime groups is 1. The van der Waals surface area contributed by atoms with E-state index in [-0.39, 0.29) is 5.84 Å². The molecule has 17 heavy (non-hydrogen) atoms. The van der Waals surface area contributed by atoms with E-state index in [0.717, 1.165) is 25.9 Å². The van der Waals surface area contributed by atoms with Crippen molar-refractivity contribution >= 4 is 5.84 Å². The molecule has 3 N–H and O–H groups in total. The van der Waals surface area contributed by atoms with E-state index in [9.17, 15) is 0 Å². The molecule has 0 amide bonds. The number of aryl methyl sites for hydroxylation is 1. The monoisotopic (exact) mass is 236 g/mol. The van der Waals surface area contributed by atoms with Gasteiger partial charge in [-0.15, -0.1) is 0 Å². The summed E-state index contributed by atoms with van der Waals surface area (Å²) >= 11 is 0. The third-order valence-corrected chi connectivity index (χ3v) is 2.45. The zero-order valence-corrected chi connectivity index (χ0v) is 10.0. The van der Waals surface area contributed by atoms with Crippen LogP contribution >= 0.6 is 0 Å². The maximum atomic E-state index is 8.32. The maximum Gasteiger partial charge on any atom is 0.139 e. The average molecular weight is 236 g/mol. The van der Waals surface area contributed by atoms with Crippen molar-refractivity contribution in [3.05, 3.63) is 35.9 Å². The topological polar surface area (TPSA) is 67.8 Å². The summed E-state index contributed by atoms with van der Waals surface area (Å²) in [5, 5.41) is 11.2. The smallest absolute Gasteiger partial charge is 0.139 e. The average Bonchev–Trinajstić information content (AvgIpc) is 2.38. The Bertz CT molecular complexity index is 325. The van der Waals surface area contributed by atoms with Crippen LogP contribution in [0.15, 0.2) is 35.5 Å². The molecule has 1 aromatic carbocycles. The molecule has 0 heterocycles. The van der Waals surface area contributed by atoms with Gasteiger partial charge in [0, 0.05) is 19.6 Å². The van der Waals surface area contributed by atoms with Crippen LogP contribution in [0.5, 0.6) is 0 Å². The highest BCUT2D eigenvalue weighted by Gasteiger charge is 1.95. The first kappa shape index (κ1) is 13.5. The summed E-state index contributed by atoms with van der Waals surface area (Å²) in [4.78, 5) is 0. The predicted octanol–water partition coefficient (Wildman–Crippen LogP) is 2.16. The van der Waals surface area contributed by atoms with E-state index in [4.69, 9.17) is 15.7 Å². The van der Waals surface area contributed by atoms with E-state index in [1.165, 1.54) is 5.56 Å². The Kier molecular flexibility index (Phi) is 6.82. The third-order valence-electron chi connectivity index (χ3n) is 2.45. The van der Waals surface area contributed by atoms with Gasteiger partial charge in [0.15, 0.2) is 0 Å². The number of hydrogen-bond donors (Lipinski definition) is 2. The van der Waals surface area contributed by atoms with Crippen molar-refractivity contribution in [3.8, 4) is 0 Å². The van der Waals surface area contributed by atoms with Gasteiger partial charge in [0.1, 0.15) is 5.84 Å². The number of nitrogens with two attached hydrogens (primary N) is 1. The molecular weight excluding hydrogens is 216 g/mol. The highest BCUT2D eigenvalue weighted by molar-refractivity contribution is 5.79. The summed E-state index contributed by atoms with van der Waals surface area (Å²) < 4.78 is 5.46. The molecule has 0 atom stereocenters. The molecule has 0 aliphatic carbocycles. The second-order valence-corrected chi connectivity index (χ2v) is 3.90. The lowest BCUT2D eigenvalue weighted by atomic mass is 10.1. The lowest BCUT2D eigenvalue weighted by Gasteiger charge is -2.04. The molecule has 0 saturated carbocycles. The number of amidine groups is 1. The summed E-state index contributed by atoms with van der Waals surface area (Å²) in [5.41, 5.74) is 6.67. The first-order chi connectivity index (χ1) is 8.33. The SMILES string of the molecule is NC(CCCOCCCc1ccccc1)=NO. The first-order valence-electron chi connectivity index (χ1n) is 5.91. The lowest BCUT2D eigenvalue weighted by molar-refractivity contribution is 0.130. The van der Waals surface area contributed by atoms with E-state index >= 15 is 0 Å². The molecule has 94 valence electrons. The molecule has 4 nitrogen and oxygen atoms in total. The second-order valence-electron chi connectivity index (χ2n) is 3.90. The normalized spacial score (nSPS) is 11.6. The van der Waals surface area contributed by atoms with Gasteiger partial charge in [0.05, 0.1) is 0 Å². The number of rotatable bonds is 8. The fraction of sp³-hybridized carbons (Fsp3) is 0.462. The van der Waals surface area contributed by atoms with Crippen molar-refractivity contribution < 1.29 is 9.94 Å². The van der Waals surface area contributed by atoms with Crippen LogP contribution in [0, 0.1) is 0 Å². The Morgan fingerprint density at radius 2 is 1.88 bits per heavy atom. The fourth-order valence-corrected chi connectivity index (χ4v) is 1.53. The Morgan fingerprint density at radius 1 is 1.18 bits per heavy atom. The van der Waals surface area contributed by atoms with Crippen molar-refractivity contribution in [2.24, 2.45) is 10.9 Å². The van der Waals surface area contributed by atoms with Crippen LogP contribution in [-0.4, -0.2) is 24.3 Å². The van der Waals surface area contributed by atoms with Crippen LogP contribution in [0.25, 0.3) is 0 Å². The Hall–Kier alpha value is -1.55. The molecule has 0 fully saturated rings. The molecule has 0 radical (unpaired) electrons. The van der Waals surface area contributed by atoms with Crippen LogP contribution in [0.4, 0.5) is 0 Å². The van der Waals surface area contributed by atoms with E-state index in [1.807, 2.05) is 18.2 Å². The second kappa shape index (κ2) is 8.58. The Labute approximate surface area is 102 Å². The molecule has 0 unspecified atom stereocenters. The van der Waals surface area contributed by atoms with E-state index in [2.05, 4.69) is 17.3 Å². The van der Waals surface area contributed by atoms with Crippen molar-refractivity contribution in [2.45, 2.75) is 25.7 Å². The highest BCUT2D eigenvalue weighted by Crippen LogP contribution is 2.02. The predicted molar refractivity (Wildman–Crippen MR) is 68.2 cm³/mol. The minimum Gasteiger partial charge on any atom is -0.409 e. The van der Waals surface area contributed by atoms with Gasteiger partial charge >= 0.3 is 0 Å². The first-order valence-corrected chi connectivity index (χ1v) is 5.91. The summed E-state index contributed by atoms with van der Waals surface area (Å²) in [6.07, 6.45) is 3.44. The van der Waals surface area contributed by atoms with Crippen molar-refractivity contribution in [2.75, 3.05) is 13.2 Å². The molecule has 0 saturated heterocycles. The van der Waals surface area contributed by atoms with E-state index in [1.54, 1.807) is 0 Å². The standard InChI is InChI=1S/C13H20N2O2/c14-13(15-16)9-5-11-17-10-4-8-12-6-2-1-3-7-12/h1-3,6-7,16H,4-5,8-11H2,(H2,14,15). The lowest BCUT2D eigenvalue weighted by Crippen LogP contribution is -2.12. The highest BCUT2D eigenvalue weighted by atomic mass is 16.5. The van der Waals surface area contributed by atoms with Crippen molar-refractivity contribution in [1.29, 1.82) is 0 Å². The third kappa shape index (κ3) is 6.58. The minimum absolute atomic E-state index is 0.262. The number of ether oxygens (including phenoxy) is 1. The zero-order chi connectivity index (χ0) is 12.3. The van der Waals surface area contributed by atoms with E-state index < -0.39 is 0 Å². The van der Waals surface area contributed by atoms with Gasteiger partial charge in [-0.25, -0.2) is 0 Å². The molecule has 0 bridgehead atoms. The van der Waals surface area contributed by atoms with Crippen molar-refractivity contribution in [3.63, 3.8) is 0 Å². The molecule has 1 aromatic rings. The molecule has 0 aromatic heterocycles. The van der Waals surface area contributed by atoms with Crippen LogP contribution in [0.3, 0.4) is 0 Å². The van der Waals surface area contributed by atoms with Gasteiger partial charge in [-0.2, -0.15) is 0 Å². The van der Waals surface area contributed by atoms with Crippen molar-refractivity contribution in [1.82, 2.24) is 0 Å². The number of nitrogens with zero attached hydrogens (tertiary/aromatic N) is 1. The number of hydrogen-bond acceptors (Lipinski definition) is 3. The fourth-order valence-electron chi connectivity index (χ4n) is 1.53. The van der Waals surface area contributed by atoms with Gasteiger partial charge in [-0.05, 0) is 24.8 Å². The summed E-state index contributed by atoms with van der Waals surface area (Å²) in [5.74, 6) is 0.262. The molecular formula is C13H20N2O2. The van der Waals surface area contributed by atoms with Gasteiger partial charge < -0.3 is 15.7 Å². The van der Waals surface area contributed by atoms with Crippen LogP contribution in [-0.2, 0) is 11.2 Å². The Balaban J connectivity index is 1.95. The van der Waals surface area contributed by atoms with Crippen LogP contribution < -0.4 is 5.73 Å². The minimum atomic E-state index is 0.262. The summed E-state index contributed by atoms with van der Waals surface area (Å²) in [7, 11) is 0. The summed E-state index contributed by atoms with van der Waals surface area (Å²) in [6.45, 7) is 1.41. The maximum absolute atomic E-state index is 8.32. The quantitative estimate of drug-likeness (QED) is 0.239. The van der Waals surface area contributed by atoms with Gasteiger partial charge in [0.2, 0.25) is 0 Å². The summed E-state index contributed by atoms with van der Waals surface area (Å²) in [6, 6.07) is 10.4. The van der Waals surface area contributed by atoms with Gasteiger partial charge in [0.25, 0.3) is 0 Å². The van der Waals surface area contributed by atoms with E-state index in [0.29, 0.717) is 13.0 Å².